The highest BCUT2D eigenvalue weighted by Crippen LogP contribution is 2.18. The molecule has 0 spiro atoms. The van der Waals surface area contributed by atoms with Gasteiger partial charge in [0.05, 0.1) is 6.61 Å². The van der Waals surface area contributed by atoms with E-state index in [4.69, 9.17) is 0 Å². The molecule has 1 unspecified atom stereocenters. The van der Waals surface area contributed by atoms with Crippen LogP contribution in [0.4, 0.5) is 5.82 Å². The number of aliphatic hydroxyl groups excluding tert-OH is 1. The molecule has 158 valence electrons. The number of pyridine rings is 1. The van der Waals surface area contributed by atoms with Crippen LogP contribution < -0.4 is 15.5 Å². The van der Waals surface area contributed by atoms with Crippen molar-refractivity contribution in [2.45, 2.75) is 31.7 Å². The van der Waals surface area contributed by atoms with E-state index in [1.54, 1.807) is 7.05 Å². The molecule has 6 nitrogen and oxygen atoms in total. The Morgan fingerprint density at radius 1 is 1.14 bits per heavy atom. The summed E-state index contributed by atoms with van der Waals surface area (Å²) in [4.78, 5) is 11.2. The number of aliphatic hydroxyl groups is 1. The summed E-state index contributed by atoms with van der Waals surface area (Å²) in [5.74, 6) is 1.82. The number of hydrogen-bond donors (Lipinski definition) is 3. The van der Waals surface area contributed by atoms with Gasteiger partial charge in [-0.3, -0.25) is 4.99 Å². The summed E-state index contributed by atoms with van der Waals surface area (Å²) in [5.41, 5.74) is 2.30. The van der Waals surface area contributed by atoms with Crippen LogP contribution in [0.1, 0.15) is 36.3 Å². The number of rotatable bonds is 7. The van der Waals surface area contributed by atoms with Gasteiger partial charge in [0, 0.05) is 45.3 Å². The van der Waals surface area contributed by atoms with Crippen molar-refractivity contribution in [1.82, 2.24) is 15.6 Å². The van der Waals surface area contributed by atoms with E-state index in [-0.39, 0.29) is 36.5 Å². The molecule has 0 radical (unpaired) electrons. The normalized spacial score (nSPS) is 15.4. The number of aliphatic imine (C=N–C) groups is 1. The first kappa shape index (κ1) is 23.4. The fourth-order valence-electron chi connectivity index (χ4n) is 3.51. The number of piperidine rings is 1. The second kappa shape index (κ2) is 12.6. The van der Waals surface area contributed by atoms with Crippen molar-refractivity contribution in [2.24, 2.45) is 4.99 Å². The maximum Gasteiger partial charge on any atom is 0.191 e. The number of nitrogens with zero attached hydrogens (tertiary/aromatic N) is 3. The number of aromatic nitrogens is 1. The summed E-state index contributed by atoms with van der Waals surface area (Å²) in [6, 6.07) is 14.2. The summed E-state index contributed by atoms with van der Waals surface area (Å²) in [6.45, 7) is 3.58. The lowest BCUT2D eigenvalue weighted by molar-refractivity contribution is 0.265. The zero-order valence-corrected chi connectivity index (χ0v) is 19.4. The minimum absolute atomic E-state index is 0. The molecule has 0 aliphatic carbocycles. The Balaban J connectivity index is 0.00000300. The average molecular weight is 509 g/mol. The summed E-state index contributed by atoms with van der Waals surface area (Å²) in [6.07, 6.45) is 5.69. The third-order valence-electron chi connectivity index (χ3n) is 5.18. The van der Waals surface area contributed by atoms with E-state index in [1.807, 2.05) is 42.6 Å². The van der Waals surface area contributed by atoms with Crippen molar-refractivity contribution in [3.63, 3.8) is 0 Å². The lowest BCUT2D eigenvalue weighted by Gasteiger charge is -2.28. The van der Waals surface area contributed by atoms with Crippen molar-refractivity contribution in [2.75, 3.05) is 38.2 Å². The molecule has 0 amide bonds. The molecule has 2 aromatic rings. The van der Waals surface area contributed by atoms with E-state index in [0.717, 1.165) is 30.4 Å². The highest BCUT2D eigenvalue weighted by molar-refractivity contribution is 14.0. The molecule has 0 bridgehead atoms. The first-order valence-electron chi connectivity index (χ1n) is 10.1. The van der Waals surface area contributed by atoms with E-state index in [2.05, 4.69) is 31.6 Å². The van der Waals surface area contributed by atoms with Crippen LogP contribution in [0, 0.1) is 0 Å². The van der Waals surface area contributed by atoms with Crippen LogP contribution in [0.2, 0.25) is 0 Å². The monoisotopic (exact) mass is 509 g/mol. The van der Waals surface area contributed by atoms with Gasteiger partial charge in [0.2, 0.25) is 0 Å². The first-order valence-corrected chi connectivity index (χ1v) is 10.1. The zero-order valence-electron chi connectivity index (χ0n) is 17.1. The van der Waals surface area contributed by atoms with Crippen LogP contribution in [-0.4, -0.2) is 49.3 Å². The van der Waals surface area contributed by atoms with Gasteiger partial charge in [-0.15, -0.1) is 24.0 Å². The lowest BCUT2D eigenvalue weighted by Crippen LogP contribution is -2.39. The third-order valence-corrected chi connectivity index (χ3v) is 5.18. The molecule has 1 aromatic heterocycles. The van der Waals surface area contributed by atoms with Crippen LogP contribution in [0.25, 0.3) is 0 Å². The van der Waals surface area contributed by atoms with Gasteiger partial charge >= 0.3 is 0 Å². The quantitative estimate of drug-likeness (QED) is 0.304. The third kappa shape index (κ3) is 7.15. The van der Waals surface area contributed by atoms with Crippen LogP contribution >= 0.6 is 24.0 Å². The molecule has 0 saturated carbocycles. The molecule has 3 rings (SSSR count). The topological polar surface area (TPSA) is 72.8 Å². The lowest BCUT2D eigenvalue weighted by atomic mass is 10.0. The Morgan fingerprint density at radius 2 is 1.90 bits per heavy atom. The highest BCUT2D eigenvalue weighted by Gasteiger charge is 2.13. The largest absolute Gasteiger partial charge is 0.396 e. The SMILES string of the molecule is CN=C(NCc1ccnc(N2CCCCC2)c1)NCC(CO)c1ccccc1.I. The maximum absolute atomic E-state index is 9.72. The van der Waals surface area contributed by atoms with Crippen molar-refractivity contribution in [3.8, 4) is 0 Å². The standard InChI is InChI=1S/C22H31N5O.HI/c1-23-22(26-16-20(17-28)19-8-4-2-5-9-19)25-15-18-10-11-24-21(14-18)27-12-6-3-7-13-27;/h2,4-5,8-11,14,20,28H,3,6-7,12-13,15-17H2,1H3,(H2,23,25,26);1H. The predicted molar refractivity (Wildman–Crippen MR) is 130 cm³/mol. The molecule has 1 atom stereocenters. The molecule has 1 saturated heterocycles. The van der Waals surface area contributed by atoms with Gasteiger partial charge in [-0.05, 0) is 42.5 Å². The number of halogens is 1. The van der Waals surface area contributed by atoms with Gasteiger partial charge in [-0.25, -0.2) is 4.98 Å². The number of guanidine groups is 1. The van der Waals surface area contributed by atoms with Gasteiger partial charge in [0.25, 0.3) is 0 Å². The maximum atomic E-state index is 9.72. The number of nitrogens with one attached hydrogen (secondary N) is 2. The smallest absolute Gasteiger partial charge is 0.191 e. The minimum atomic E-state index is 0. The molecule has 3 N–H and O–H groups in total. The van der Waals surface area contributed by atoms with Gasteiger partial charge in [-0.2, -0.15) is 0 Å². The van der Waals surface area contributed by atoms with Crippen molar-refractivity contribution < 1.29 is 5.11 Å². The molecule has 1 aromatic carbocycles. The molecule has 1 fully saturated rings. The Hall–Kier alpha value is -1.87. The Kier molecular flexibility index (Phi) is 10.2. The summed E-state index contributed by atoms with van der Waals surface area (Å²) in [5, 5.41) is 16.4. The number of hydrogen-bond acceptors (Lipinski definition) is 4. The molecular formula is C22H32IN5O. The van der Waals surface area contributed by atoms with Crippen LogP contribution in [0.15, 0.2) is 53.7 Å². The van der Waals surface area contributed by atoms with Gasteiger partial charge < -0.3 is 20.6 Å². The average Bonchev–Trinajstić information content (AvgIpc) is 2.78. The second-order valence-electron chi connectivity index (χ2n) is 7.17. The summed E-state index contributed by atoms with van der Waals surface area (Å²) >= 11 is 0. The van der Waals surface area contributed by atoms with E-state index in [9.17, 15) is 5.11 Å². The predicted octanol–water partition coefficient (Wildman–Crippen LogP) is 3.13. The minimum Gasteiger partial charge on any atom is -0.396 e. The Morgan fingerprint density at radius 3 is 2.59 bits per heavy atom. The van der Waals surface area contributed by atoms with Crippen LogP contribution in [0.3, 0.4) is 0 Å². The Bertz CT molecular complexity index is 750. The summed E-state index contributed by atoms with van der Waals surface area (Å²) in [7, 11) is 1.76. The van der Waals surface area contributed by atoms with E-state index < -0.39 is 0 Å². The number of benzene rings is 1. The van der Waals surface area contributed by atoms with Crippen LogP contribution in [0.5, 0.6) is 0 Å². The first-order chi connectivity index (χ1) is 13.8. The summed E-state index contributed by atoms with van der Waals surface area (Å²) < 4.78 is 0. The molecule has 29 heavy (non-hydrogen) atoms. The molecule has 1 aliphatic heterocycles. The van der Waals surface area contributed by atoms with Gasteiger partial charge in [-0.1, -0.05) is 30.3 Å². The molecular weight excluding hydrogens is 477 g/mol. The molecule has 2 heterocycles. The molecule has 7 heteroatoms. The highest BCUT2D eigenvalue weighted by atomic mass is 127. The fraction of sp³-hybridized carbons (Fsp3) is 0.455. The van der Waals surface area contributed by atoms with Crippen LogP contribution in [-0.2, 0) is 6.54 Å². The van der Waals surface area contributed by atoms with E-state index in [0.29, 0.717) is 13.1 Å². The second-order valence-corrected chi connectivity index (χ2v) is 7.17. The van der Waals surface area contributed by atoms with Crippen molar-refractivity contribution in [3.05, 3.63) is 59.8 Å². The van der Waals surface area contributed by atoms with Crippen molar-refractivity contribution >= 4 is 35.8 Å². The fourth-order valence-corrected chi connectivity index (χ4v) is 3.51. The van der Waals surface area contributed by atoms with Gasteiger partial charge in [0.1, 0.15) is 5.82 Å². The Labute approximate surface area is 190 Å². The van der Waals surface area contributed by atoms with E-state index >= 15 is 0 Å². The van der Waals surface area contributed by atoms with E-state index in [1.165, 1.54) is 24.8 Å². The van der Waals surface area contributed by atoms with Gasteiger partial charge in [0.15, 0.2) is 5.96 Å². The number of anilines is 1. The van der Waals surface area contributed by atoms with Crippen molar-refractivity contribution in [1.29, 1.82) is 0 Å². The zero-order chi connectivity index (χ0) is 19.6. The molecule has 1 aliphatic rings.